The maximum Gasteiger partial charge on any atom is 0.305 e. The predicted molar refractivity (Wildman–Crippen MR) is 239 cm³/mol. The van der Waals surface area contributed by atoms with Crippen LogP contribution in [0.25, 0.3) is 0 Å². The molecule has 0 heterocycles. The first-order chi connectivity index (χ1) is 29.0. The second-order valence-electron chi connectivity index (χ2n) is 22.8. The zero-order chi connectivity index (χ0) is 43.2. The molecule has 8 aliphatic rings. The Balaban J connectivity index is 0.827. The van der Waals surface area contributed by atoms with Crippen LogP contribution in [0.4, 0.5) is 5.69 Å². The van der Waals surface area contributed by atoms with Gasteiger partial charge >= 0.3 is 5.97 Å². The van der Waals surface area contributed by atoms with Crippen LogP contribution in [0.1, 0.15) is 149 Å². The second-order valence-corrected chi connectivity index (χ2v) is 22.8. The lowest BCUT2D eigenvalue weighted by Gasteiger charge is -2.63. The average molecular weight is 840 g/mol. The van der Waals surface area contributed by atoms with Gasteiger partial charge < -0.3 is 29.7 Å². The lowest BCUT2D eigenvalue weighted by molar-refractivity contribution is -0.209. The zero-order valence-electron chi connectivity index (χ0n) is 38.5. The number of nitrogens with zero attached hydrogens (tertiary/aromatic N) is 1. The molecule has 3 unspecified atom stereocenters. The number of methoxy groups -OCH3 is 1. The van der Waals surface area contributed by atoms with Gasteiger partial charge in [-0.05, 0) is 190 Å². The highest BCUT2D eigenvalue weighted by Gasteiger charge is 2.66. The van der Waals surface area contributed by atoms with Gasteiger partial charge in [-0.15, -0.1) is 0 Å². The number of aliphatic hydroxyl groups excluding tert-OH is 2. The van der Waals surface area contributed by atoms with Gasteiger partial charge in [-0.3, -0.25) is 9.59 Å². The molecule has 6 fully saturated rings. The summed E-state index contributed by atoms with van der Waals surface area (Å²) in [5, 5.41) is 35.8. The van der Waals surface area contributed by atoms with Crippen molar-refractivity contribution in [2.45, 2.75) is 167 Å². The summed E-state index contributed by atoms with van der Waals surface area (Å²) in [6, 6.07) is 9.19. The predicted octanol–water partition coefficient (Wildman–Crippen LogP) is 9.35. The summed E-state index contributed by atoms with van der Waals surface area (Å²) in [5.74, 6) is 3.19. The van der Waals surface area contributed by atoms with E-state index in [1.807, 2.05) is 6.08 Å². The number of carbonyl (C=O) groups is 2. The minimum atomic E-state index is -0.671. The Morgan fingerprint density at radius 1 is 0.918 bits per heavy atom. The molecule has 8 nitrogen and oxygen atoms in total. The molecule has 0 saturated heterocycles. The van der Waals surface area contributed by atoms with E-state index in [0.29, 0.717) is 60.9 Å². The highest BCUT2D eigenvalue weighted by Crippen LogP contribution is 2.69. The summed E-state index contributed by atoms with van der Waals surface area (Å²) in [4.78, 5) is 26.7. The highest BCUT2D eigenvalue weighted by molar-refractivity contribution is 5.93. The number of carbonyl (C=O) groups excluding carboxylic acids is 2. The van der Waals surface area contributed by atoms with Crippen molar-refractivity contribution in [3.63, 3.8) is 0 Å². The molecule has 0 aliphatic heterocycles. The first-order valence-electron chi connectivity index (χ1n) is 24.5. The maximum atomic E-state index is 12.5. The fourth-order valence-electron chi connectivity index (χ4n) is 16.5. The Labute approximate surface area is 366 Å². The number of rotatable bonds is 10. The molecule has 0 spiro atoms. The standard InChI is InChI=1S/C53H77NO7/c1-31(8-19-47(58)60-7)41-17-18-43-49-44(29-46(57)53(41,43)5)50(2)22-20-37(27-34(50)28-45(49)56)61-25-24-54(6)35-12-9-32(10-13-35)40-30-51(3)42(21-23-52(51,4)59)39-15-11-33-26-36(55)14-16-38(33)48(39)40/h9-10,12-13,26,31,34,37,39-46,49,56-57,59H,8,11,14-25,27-30H2,1-7H3/t31-,34+,37+,39?,40-,41?,42?,43+,44+,45-,46+,49+,50+,51+,52+,53-/m1/s1. The Morgan fingerprint density at radius 2 is 1.69 bits per heavy atom. The number of anilines is 1. The molecule has 336 valence electrons. The second kappa shape index (κ2) is 16.2. The van der Waals surface area contributed by atoms with Crippen molar-refractivity contribution in [2.75, 3.05) is 32.2 Å². The van der Waals surface area contributed by atoms with Crippen molar-refractivity contribution in [1.82, 2.24) is 0 Å². The SMILES string of the molecule is COC(=O)CC[C@@H](C)C1CC[C@H]2[C@@H]3[C@H](O)C[C@@H]4C[C@@H](OCCN(C)c5ccc([C@H]6C[C@@]7(C)C(CC[C@]7(C)O)C7CCC8=CC(=O)CCC8=C76)cc5)CC[C@]4(C)[C@H]3C[C@H](O)[C@]12C. The van der Waals surface area contributed by atoms with E-state index in [2.05, 4.69) is 70.8 Å². The molecule has 1 aromatic rings. The molecule has 8 heteroatoms. The third kappa shape index (κ3) is 7.13. The van der Waals surface area contributed by atoms with E-state index in [-0.39, 0.29) is 52.0 Å². The number of allylic oxidation sites excluding steroid dienone is 4. The Hall–Kier alpha value is -2.52. The summed E-state index contributed by atoms with van der Waals surface area (Å²) in [5.41, 5.74) is 5.87. The number of ketones is 1. The largest absolute Gasteiger partial charge is 0.469 e. The smallest absolute Gasteiger partial charge is 0.305 e. The molecular formula is C53H77NO7. The minimum absolute atomic E-state index is 0.0874. The van der Waals surface area contributed by atoms with E-state index in [1.165, 1.54) is 29.5 Å². The van der Waals surface area contributed by atoms with Gasteiger partial charge in [-0.1, -0.05) is 45.4 Å². The third-order valence-corrected chi connectivity index (χ3v) is 20.3. The van der Waals surface area contributed by atoms with Crippen molar-refractivity contribution in [2.24, 2.45) is 63.6 Å². The van der Waals surface area contributed by atoms with Crippen molar-refractivity contribution in [1.29, 1.82) is 0 Å². The summed E-state index contributed by atoms with van der Waals surface area (Å²) >= 11 is 0. The van der Waals surface area contributed by atoms with Gasteiger partial charge in [0.25, 0.3) is 0 Å². The van der Waals surface area contributed by atoms with Crippen LogP contribution in [-0.2, 0) is 19.1 Å². The van der Waals surface area contributed by atoms with Crippen LogP contribution in [0.2, 0.25) is 0 Å². The molecule has 16 atom stereocenters. The normalized spacial score (nSPS) is 44.5. The van der Waals surface area contributed by atoms with Crippen LogP contribution < -0.4 is 4.90 Å². The third-order valence-electron chi connectivity index (χ3n) is 20.3. The Bertz CT molecular complexity index is 1900. The summed E-state index contributed by atoms with van der Waals surface area (Å²) in [6.07, 6.45) is 15.8. The maximum absolute atomic E-state index is 12.5. The molecule has 3 N–H and O–H groups in total. The van der Waals surface area contributed by atoms with E-state index in [1.54, 1.807) is 5.57 Å². The summed E-state index contributed by atoms with van der Waals surface area (Å²) < 4.78 is 11.6. The van der Waals surface area contributed by atoms with Crippen LogP contribution in [0.5, 0.6) is 0 Å². The van der Waals surface area contributed by atoms with Gasteiger partial charge in [0, 0.05) is 43.5 Å². The molecular weight excluding hydrogens is 763 g/mol. The number of esters is 1. The van der Waals surface area contributed by atoms with Gasteiger partial charge in [0.1, 0.15) is 0 Å². The van der Waals surface area contributed by atoms with Crippen molar-refractivity contribution in [3.05, 3.63) is 52.6 Å². The van der Waals surface area contributed by atoms with Gasteiger partial charge in [-0.2, -0.15) is 0 Å². The Morgan fingerprint density at radius 3 is 2.44 bits per heavy atom. The molecule has 0 radical (unpaired) electrons. The average Bonchev–Trinajstić information content (AvgIpc) is 3.72. The summed E-state index contributed by atoms with van der Waals surface area (Å²) in [7, 11) is 3.61. The lowest BCUT2D eigenvalue weighted by atomic mass is 9.43. The van der Waals surface area contributed by atoms with E-state index in [9.17, 15) is 24.9 Å². The highest BCUT2D eigenvalue weighted by atomic mass is 16.5. The minimum Gasteiger partial charge on any atom is -0.469 e. The number of likely N-dealkylation sites (N-methyl/N-ethyl adjacent to an activating group) is 1. The molecule has 6 saturated carbocycles. The topological polar surface area (TPSA) is 117 Å². The van der Waals surface area contributed by atoms with Gasteiger partial charge in [-0.25, -0.2) is 0 Å². The van der Waals surface area contributed by atoms with E-state index in [4.69, 9.17) is 9.47 Å². The first-order valence-corrected chi connectivity index (χ1v) is 24.5. The number of aliphatic hydroxyl groups is 3. The number of hydrogen-bond donors (Lipinski definition) is 3. The monoisotopic (exact) mass is 840 g/mol. The molecule has 9 rings (SSSR count). The van der Waals surface area contributed by atoms with E-state index in [0.717, 1.165) is 96.4 Å². The van der Waals surface area contributed by atoms with Gasteiger partial charge in [0.15, 0.2) is 5.78 Å². The van der Waals surface area contributed by atoms with Gasteiger partial charge in [0.05, 0.1) is 37.6 Å². The molecule has 0 amide bonds. The quantitative estimate of drug-likeness (QED) is 0.200. The first kappa shape index (κ1) is 43.7. The number of benzene rings is 1. The van der Waals surface area contributed by atoms with Crippen molar-refractivity contribution in [3.8, 4) is 0 Å². The number of fused-ring (bicyclic) bond motifs is 9. The number of hydrogen-bond acceptors (Lipinski definition) is 8. The van der Waals surface area contributed by atoms with Gasteiger partial charge in [0.2, 0.25) is 0 Å². The molecule has 1 aromatic carbocycles. The van der Waals surface area contributed by atoms with Crippen molar-refractivity contribution < 1.29 is 34.4 Å². The molecule has 61 heavy (non-hydrogen) atoms. The van der Waals surface area contributed by atoms with Crippen LogP contribution in [-0.4, -0.2) is 78.3 Å². The van der Waals surface area contributed by atoms with Crippen LogP contribution >= 0.6 is 0 Å². The molecule has 0 bridgehead atoms. The van der Waals surface area contributed by atoms with Crippen molar-refractivity contribution >= 4 is 17.4 Å². The van der Waals surface area contributed by atoms with E-state index < -0.39 is 11.7 Å². The van der Waals surface area contributed by atoms with Crippen LogP contribution in [0.3, 0.4) is 0 Å². The zero-order valence-corrected chi connectivity index (χ0v) is 38.5. The van der Waals surface area contributed by atoms with Crippen LogP contribution in [0.15, 0.2) is 47.1 Å². The molecule has 0 aromatic heterocycles. The molecule has 8 aliphatic carbocycles. The van der Waals surface area contributed by atoms with Crippen LogP contribution in [0, 0.1) is 63.6 Å². The Kier molecular flexibility index (Phi) is 11.6. The fourth-order valence-corrected chi connectivity index (χ4v) is 16.5. The fraction of sp³-hybridized carbons (Fsp3) is 0.774. The number of ether oxygens (including phenoxy) is 2. The summed E-state index contributed by atoms with van der Waals surface area (Å²) in [6.45, 7) is 12.9. The van der Waals surface area contributed by atoms with E-state index >= 15 is 0 Å². The lowest BCUT2D eigenvalue weighted by Crippen LogP contribution is -2.62.